The van der Waals surface area contributed by atoms with Crippen LogP contribution in [0.5, 0.6) is 0 Å². The van der Waals surface area contributed by atoms with Crippen molar-refractivity contribution in [2.75, 3.05) is 13.2 Å². The van der Waals surface area contributed by atoms with Crippen LogP contribution in [0.2, 0.25) is 0 Å². The maximum Gasteiger partial charge on any atom is 0.0580 e. The van der Waals surface area contributed by atoms with E-state index in [0.717, 1.165) is 31.4 Å². The van der Waals surface area contributed by atoms with Crippen LogP contribution in [0.4, 0.5) is 0 Å². The molecule has 0 saturated heterocycles. The van der Waals surface area contributed by atoms with E-state index in [1.807, 2.05) is 0 Å². The Labute approximate surface area is 101 Å². The Morgan fingerprint density at radius 1 is 1.12 bits per heavy atom. The van der Waals surface area contributed by atoms with E-state index in [9.17, 15) is 0 Å². The molecule has 2 nitrogen and oxygen atoms in total. The van der Waals surface area contributed by atoms with Gasteiger partial charge in [0.05, 0.1) is 6.10 Å². The standard InChI is InChI=1S/C14H29NO/c1-11(2)15-6-5-7-16-14-9-12(3)8-13(4)10-14/h11-15H,5-10H2,1-4H3. The zero-order valence-electron chi connectivity index (χ0n) is 11.5. The zero-order chi connectivity index (χ0) is 12.0. The lowest BCUT2D eigenvalue weighted by atomic mass is 9.82. The van der Waals surface area contributed by atoms with Crippen molar-refractivity contribution in [1.29, 1.82) is 0 Å². The molecule has 16 heavy (non-hydrogen) atoms. The molecule has 0 aromatic carbocycles. The molecule has 0 aromatic heterocycles. The van der Waals surface area contributed by atoms with Crippen LogP contribution in [-0.2, 0) is 4.74 Å². The summed E-state index contributed by atoms with van der Waals surface area (Å²) in [4.78, 5) is 0. The molecule has 0 aliphatic heterocycles. The van der Waals surface area contributed by atoms with Crippen molar-refractivity contribution in [3.8, 4) is 0 Å². The van der Waals surface area contributed by atoms with Gasteiger partial charge in [-0.05, 0) is 44.1 Å². The minimum atomic E-state index is 0.526. The molecule has 1 rings (SSSR count). The lowest BCUT2D eigenvalue weighted by Gasteiger charge is -2.31. The average molecular weight is 227 g/mol. The fourth-order valence-corrected chi connectivity index (χ4v) is 2.72. The molecule has 2 heteroatoms. The Balaban J connectivity index is 2.04. The first kappa shape index (κ1) is 14.0. The Hall–Kier alpha value is -0.0800. The molecule has 1 aliphatic rings. The second-order valence-corrected chi connectivity index (χ2v) is 5.87. The topological polar surface area (TPSA) is 21.3 Å². The summed E-state index contributed by atoms with van der Waals surface area (Å²) >= 11 is 0. The minimum absolute atomic E-state index is 0.526. The monoisotopic (exact) mass is 227 g/mol. The van der Waals surface area contributed by atoms with E-state index >= 15 is 0 Å². The molecular formula is C14H29NO. The van der Waals surface area contributed by atoms with Crippen molar-refractivity contribution >= 4 is 0 Å². The van der Waals surface area contributed by atoms with E-state index in [1.54, 1.807) is 0 Å². The Morgan fingerprint density at radius 3 is 2.31 bits per heavy atom. The summed E-state index contributed by atoms with van der Waals surface area (Å²) < 4.78 is 5.97. The van der Waals surface area contributed by atoms with Crippen molar-refractivity contribution in [3.63, 3.8) is 0 Å². The third kappa shape index (κ3) is 5.86. The molecule has 96 valence electrons. The largest absolute Gasteiger partial charge is 0.378 e. The molecule has 1 N–H and O–H groups in total. The smallest absolute Gasteiger partial charge is 0.0580 e. The quantitative estimate of drug-likeness (QED) is 0.704. The van der Waals surface area contributed by atoms with Crippen LogP contribution < -0.4 is 5.32 Å². The van der Waals surface area contributed by atoms with Gasteiger partial charge in [0, 0.05) is 12.6 Å². The summed E-state index contributed by atoms with van der Waals surface area (Å²) in [6.45, 7) is 11.1. The molecule has 0 radical (unpaired) electrons. The van der Waals surface area contributed by atoms with Crippen LogP contribution in [0.25, 0.3) is 0 Å². The summed E-state index contributed by atoms with van der Waals surface area (Å²) in [5, 5.41) is 3.42. The van der Waals surface area contributed by atoms with Crippen molar-refractivity contribution in [2.45, 2.75) is 65.5 Å². The van der Waals surface area contributed by atoms with Crippen LogP contribution in [0.15, 0.2) is 0 Å². The number of nitrogens with one attached hydrogen (secondary N) is 1. The van der Waals surface area contributed by atoms with E-state index in [2.05, 4.69) is 33.0 Å². The molecule has 0 amide bonds. The summed E-state index contributed by atoms with van der Waals surface area (Å²) in [7, 11) is 0. The minimum Gasteiger partial charge on any atom is -0.378 e. The molecule has 0 aromatic rings. The maximum atomic E-state index is 5.97. The Morgan fingerprint density at radius 2 is 1.75 bits per heavy atom. The van der Waals surface area contributed by atoms with Gasteiger partial charge >= 0.3 is 0 Å². The van der Waals surface area contributed by atoms with E-state index in [1.165, 1.54) is 19.3 Å². The maximum absolute atomic E-state index is 5.97. The van der Waals surface area contributed by atoms with Crippen molar-refractivity contribution in [3.05, 3.63) is 0 Å². The van der Waals surface area contributed by atoms with Gasteiger partial charge in [0.25, 0.3) is 0 Å². The van der Waals surface area contributed by atoms with Crippen LogP contribution in [-0.4, -0.2) is 25.3 Å². The summed E-state index contributed by atoms with van der Waals surface area (Å²) in [5.74, 6) is 1.70. The van der Waals surface area contributed by atoms with Crippen LogP contribution >= 0.6 is 0 Å². The third-order valence-corrected chi connectivity index (χ3v) is 3.36. The molecule has 0 bridgehead atoms. The van der Waals surface area contributed by atoms with Gasteiger partial charge in [0.2, 0.25) is 0 Å². The number of ether oxygens (including phenoxy) is 1. The number of rotatable bonds is 6. The Bertz CT molecular complexity index is 172. The van der Waals surface area contributed by atoms with Crippen LogP contribution in [0.1, 0.15) is 53.4 Å². The van der Waals surface area contributed by atoms with Crippen molar-refractivity contribution in [1.82, 2.24) is 5.32 Å². The lowest BCUT2D eigenvalue weighted by Crippen LogP contribution is -2.28. The molecule has 1 aliphatic carbocycles. The van der Waals surface area contributed by atoms with Gasteiger partial charge in [-0.25, -0.2) is 0 Å². The molecule has 2 atom stereocenters. The van der Waals surface area contributed by atoms with Gasteiger partial charge in [0.15, 0.2) is 0 Å². The highest BCUT2D eigenvalue weighted by Crippen LogP contribution is 2.30. The van der Waals surface area contributed by atoms with Crippen LogP contribution in [0.3, 0.4) is 0 Å². The lowest BCUT2D eigenvalue weighted by molar-refractivity contribution is 0.000106. The summed E-state index contributed by atoms with van der Waals surface area (Å²) in [5.41, 5.74) is 0. The van der Waals surface area contributed by atoms with Gasteiger partial charge in [-0.1, -0.05) is 27.7 Å². The summed E-state index contributed by atoms with van der Waals surface area (Å²) in [6, 6.07) is 0.592. The van der Waals surface area contributed by atoms with E-state index in [4.69, 9.17) is 4.74 Å². The van der Waals surface area contributed by atoms with Crippen molar-refractivity contribution < 1.29 is 4.74 Å². The Kier molecular flexibility index (Phi) is 6.37. The molecule has 1 saturated carbocycles. The fraction of sp³-hybridized carbons (Fsp3) is 1.00. The van der Waals surface area contributed by atoms with E-state index < -0.39 is 0 Å². The van der Waals surface area contributed by atoms with E-state index in [0.29, 0.717) is 12.1 Å². The summed E-state index contributed by atoms with van der Waals surface area (Å²) in [6.07, 6.45) is 5.58. The first-order chi connectivity index (χ1) is 7.58. The highest BCUT2D eigenvalue weighted by atomic mass is 16.5. The van der Waals surface area contributed by atoms with E-state index in [-0.39, 0.29) is 0 Å². The SMILES string of the molecule is CC1CC(C)CC(OCCCNC(C)C)C1. The van der Waals surface area contributed by atoms with Gasteiger partial charge in [-0.2, -0.15) is 0 Å². The molecule has 0 spiro atoms. The highest BCUT2D eigenvalue weighted by Gasteiger charge is 2.23. The molecule has 1 fully saturated rings. The average Bonchev–Trinajstić information content (AvgIpc) is 2.15. The first-order valence-corrected chi connectivity index (χ1v) is 6.93. The second kappa shape index (κ2) is 7.29. The number of hydrogen-bond acceptors (Lipinski definition) is 2. The molecular weight excluding hydrogens is 198 g/mol. The third-order valence-electron chi connectivity index (χ3n) is 3.36. The van der Waals surface area contributed by atoms with Gasteiger partial charge in [-0.15, -0.1) is 0 Å². The second-order valence-electron chi connectivity index (χ2n) is 5.87. The van der Waals surface area contributed by atoms with Crippen molar-refractivity contribution in [2.24, 2.45) is 11.8 Å². The first-order valence-electron chi connectivity index (χ1n) is 6.93. The predicted molar refractivity (Wildman–Crippen MR) is 69.7 cm³/mol. The molecule has 2 unspecified atom stereocenters. The van der Waals surface area contributed by atoms with Crippen LogP contribution in [0, 0.1) is 11.8 Å². The zero-order valence-corrected chi connectivity index (χ0v) is 11.5. The number of hydrogen-bond donors (Lipinski definition) is 1. The van der Waals surface area contributed by atoms with Gasteiger partial charge in [-0.3, -0.25) is 0 Å². The molecule has 0 heterocycles. The fourth-order valence-electron chi connectivity index (χ4n) is 2.72. The van der Waals surface area contributed by atoms with Gasteiger partial charge < -0.3 is 10.1 Å². The normalized spacial score (nSPS) is 30.9. The highest BCUT2D eigenvalue weighted by molar-refractivity contribution is 4.75. The van der Waals surface area contributed by atoms with Gasteiger partial charge in [0.1, 0.15) is 0 Å². The predicted octanol–water partition coefficient (Wildman–Crippen LogP) is 3.22.